The summed E-state index contributed by atoms with van der Waals surface area (Å²) in [5.74, 6) is 0.511. The molecular formula is C35H46N2O6S2. The number of carbonyl (C=O) groups is 1. The quantitative estimate of drug-likeness (QED) is 0.144. The van der Waals surface area contributed by atoms with E-state index in [-0.39, 0.29) is 18.0 Å². The predicted octanol–water partition coefficient (Wildman–Crippen LogP) is 7.82. The van der Waals surface area contributed by atoms with Gasteiger partial charge in [-0.2, -0.15) is 4.31 Å². The fourth-order valence-corrected chi connectivity index (χ4v) is 8.30. The Morgan fingerprint density at radius 1 is 1.02 bits per heavy atom. The van der Waals surface area contributed by atoms with Crippen LogP contribution in [0.3, 0.4) is 0 Å². The van der Waals surface area contributed by atoms with Crippen molar-refractivity contribution in [3.63, 3.8) is 0 Å². The predicted molar refractivity (Wildman–Crippen MR) is 181 cm³/mol. The number of esters is 1. The van der Waals surface area contributed by atoms with Crippen LogP contribution in [0.5, 0.6) is 11.5 Å². The molecule has 0 radical (unpaired) electrons. The molecule has 0 unspecified atom stereocenters. The van der Waals surface area contributed by atoms with E-state index in [2.05, 4.69) is 18.7 Å². The summed E-state index contributed by atoms with van der Waals surface area (Å²) in [5, 5.41) is 0. The largest absolute Gasteiger partial charge is 0.497 e. The lowest BCUT2D eigenvalue weighted by Crippen LogP contribution is -2.54. The molecule has 0 bridgehead atoms. The Kier molecular flexibility index (Phi) is 11.2. The van der Waals surface area contributed by atoms with Gasteiger partial charge in [0.25, 0.3) is 0 Å². The van der Waals surface area contributed by atoms with Gasteiger partial charge in [-0.1, -0.05) is 57.0 Å². The zero-order valence-corrected chi connectivity index (χ0v) is 29.1. The van der Waals surface area contributed by atoms with Crippen LogP contribution in [0.1, 0.15) is 65.9 Å². The maximum Gasteiger partial charge on any atom is 0.344 e. The van der Waals surface area contributed by atoms with Crippen LogP contribution >= 0.6 is 11.8 Å². The van der Waals surface area contributed by atoms with Crippen LogP contribution in [0.4, 0.5) is 11.4 Å². The van der Waals surface area contributed by atoms with E-state index in [4.69, 9.17) is 14.2 Å². The van der Waals surface area contributed by atoms with Gasteiger partial charge < -0.3 is 19.1 Å². The number of methoxy groups -OCH3 is 1. The zero-order chi connectivity index (χ0) is 32.8. The van der Waals surface area contributed by atoms with E-state index in [0.29, 0.717) is 36.6 Å². The summed E-state index contributed by atoms with van der Waals surface area (Å²) in [7, 11) is -2.47. The lowest BCUT2D eigenvalue weighted by molar-refractivity contribution is -0.157. The summed E-state index contributed by atoms with van der Waals surface area (Å²) in [5.41, 5.74) is 0.983. The van der Waals surface area contributed by atoms with Gasteiger partial charge in [-0.15, -0.1) is 11.8 Å². The van der Waals surface area contributed by atoms with Gasteiger partial charge in [-0.05, 0) is 75.8 Å². The molecule has 0 aromatic heterocycles. The fourth-order valence-electron chi connectivity index (χ4n) is 5.72. The van der Waals surface area contributed by atoms with Crippen molar-refractivity contribution in [3.8, 4) is 11.5 Å². The van der Waals surface area contributed by atoms with Crippen LogP contribution < -0.4 is 14.4 Å². The number of sulfonamides is 1. The Hall–Kier alpha value is -3.21. The number of anilines is 2. The van der Waals surface area contributed by atoms with Crippen LogP contribution in [0.15, 0.2) is 76.5 Å². The number of para-hydroxylation sites is 1. The van der Waals surface area contributed by atoms with Crippen molar-refractivity contribution in [2.75, 3.05) is 31.4 Å². The molecule has 1 heterocycles. The summed E-state index contributed by atoms with van der Waals surface area (Å²) in [6.45, 7) is 9.92. The molecule has 0 N–H and O–H groups in total. The molecule has 3 aromatic rings. The molecule has 0 amide bonds. The highest BCUT2D eigenvalue weighted by Gasteiger charge is 2.48. The summed E-state index contributed by atoms with van der Waals surface area (Å²) >= 11 is 1.44. The Balaban J connectivity index is 1.93. The molecule has 10 heteroatoms. The molecule has 8 nitrogen and oxygen atoms in total. The maximum absolute atomic E-state index is 15.1. The number of hydrogen-bond donors (Lipinski definition) is 0. The van der Waals surface area contributed by atoms with Crippen molar-refractivity contribution >= 4 is 39.1 Å². The van der Waals surface area contributed by atoms with Crippen molar-refractivity contribution in [1.82, 2.24) is 4.31 Å². The van der Waals surface area contributed by atoms with Gasteiger partial charge in [-0.25, -0.2) is 13.2 Å². The fraction of sp³-hybridized carbons (Fsp3) is 0.457. The van der Waals surface area contributed by atoms with Crippen molar-refractivity contribution in [1.29, 1.82) is 0 Å². The second-order valence-electron chi connectivity index (χ2n) is 12.3. The van der Waals surface area contributed by atoms with Gasteiger partial charge >= 0.3 is 5.97 Å². The number of unbranched alkanes of at least 4 members (excludes halogenated alkanes) is 1. The third-order valence-electron chi connectivity index (χ3n) is 8.06. The summed E-state index contributed by atoms with van der Waals surface area (Å²) in [6.07, 6.45) is 5.05. The van der Waals surface area contributed by atoms with E-state index in [0.717, 1.165) is 29.0 Å². The average Bonchev–Trinajstić information content (AvgIpc) is 3.09. The summed E-state index contributed by atoms with van der Waals surface area (Å²) in [4.78, 5) is 15.6. The van der Waals surface area contributed by atoms with Crippen molar-refractivity contribution < 1.29 is 27.4 Å². The van der Waals surface area contributed by atoms with Gasteiger partial charge in [0.2, 0.25) is 10.0 Å². The number of ether oxygens (including phenoxy) is 3. The molecule has 244 valence electrons. The lowest BCUT2D eigenvalue weighted by Gasteiger charge is -2.43. The molecular weight excluding hydrogens is 609 g/mol. The minimum atomic E-state index is -4.08. The minimum absolute atomic E-state index is 0.142. The first-order chi connectivity index (χ1) is 21.4. The molecule has 0 spiro atoms. The average molecular weight is 655 g/mol. The van der Waals surface area contributed by atoms with Gasteiger partial charge in [0, 0.05) is 24.8 Å². The first kappa shape index (κ1) is 34.7. The molecule has 1 aliphatic rings. The number of benzene rings is 3. The standard InChI is InChI=1S/C35H46N2O6S2/c1-8-10-20-35(9-2)25-36(27-14-12-11-13-15-27)29-21-31(44-7)30(42-24-33(38)43-34(3,4)5)22-32(29)45(39,40)37(35)23-26-16-18-28(41-6)19-17-26/h11-19,21-22H,8-10,20,23-25H2,1-7H3/t35-/m1/s1. The van der Waals surface area contributed by atoms with Crippen LogP contribution in [-0.2, 0) is 26.1 Å². The van der Waals surface area contributed by atoms with Crippen LogP contribution in [0.25, 0.3) is 0 Å². The van der Waals surface area contributed by atoms with E-state index in [1.165, 1.54) is 11.8 Å². The second kappa shape index (κ2) is 14.5. The highest BCUT2D eigenvalue weighted by atomic mass is 32.2. The highest BCUT2D eigenvalue weighted by Crippen LogP contribution is 2.47. The van der Waals surface area contributed by atoms with Crippen molar-refractivity contribution in [3.05, 3.63) is 72.3 Å². The molecule has 0 aliphatic carbocycles. The van der Waals surface area contributed by atoms with Crippen LogP contribution in [0.2, 0.25) is 0 Å². The molecule has 0 fully saturated rings. The smallest absolute Gasteiger partial charge is 0.344 e. The first-order valence-electron chi connectivity index (χ1n) is 15.4. The van der Waals surface area contributed by atoms with Crippen LogP contribution in [0, 0.1) is 0 Å². The zero-order valence-electron chi connectivity index (χ0n) is 27.5. The molecule has 0 saturated carbocycles. The second-order valence-corrected chi connectivity index (χ2v) is 15.0. The van der Waals surface area contributed by atoms with Gasteiger partial charge in [0.1, 0.15) is 22.0 Å². The minimum Gasteiger partial charge on any atom is -0.497 e. The topological polar surface area (TPSA) is 85.4 Å². The summed E-state index contributed by atoms with van der Waals surface area (Å²) < 4.78 is 48.6. The number of fused-ring (bicyclic) bond motifs is 1. The van der Waals surface area contributed by atoms with E-state index in [1.54, 1.807) is 38.3 Å². The molecule has 1 aliphatic heterocycles. The third kappa shape index (κ3) is 7.96. The van der Waals surface area contributed by atoms with Gasteiger partial charge in [-0.3, -0.25) is 0 Å². The molecule has 3 aromatic carbocycles. The molecule has 4 rings (SSSR count). The Labute approximate surface area is 273 Å². The lowest BCUT2D eigenvalue weighted by atomic mass is 9.88. The third-order valence-corrected chi connectivity index (χ3v) is 10.8. The Bertz CT molecular complexity index is 1560. The van der Waals surface area contributed by atoms with E-state index < -0.39 is 27.1 Å². The Morgan fingerprint density at radius 3 is 2.29 bits per heavy atom. The van der Waals surface area contributed by atoms with Gasteiger partial charge in [0.15, 0.2) is 6.61 Å². The monoisotopic (exact) mass is 654 g/mol. The number of nitrogens with zero attached hydrogens (tertiary/aromatic N) is 2. The van der Waals surface area contributed by atoms with E-state index >= 15 is 8.42 Å². The number of carbonyl (C=O) groups excluding carboxylic acids is 1. The van der Waals surface area contributed by atoms with E-state index in [9.17, 15) is 4.79 Å². The number of hydrogen-bond acceptors (Lipinski definition) is 8. The molecule has 1 atom stereocenters. The first-order valence-corrected chi connectivity index (χ1v) is 18.1. The molecule has 0 saturated heterocycles. The molecule has 45 heavy (non-hydrogen) atoms. The summed E-state index contributed by atoms with van der Waals surface area (Å²) in [6, 6.07) is 20.9. The normalized spacial score (nSPS) is 18.2. The number of thioether (sulfide) groups is 1. The van der Waals surface area contributed by atoms with Crippen LogP contribution in [-0.4, -0.2) is 56.3 Å². The van der Waals surface area contributed by atoms with Crippen molar-refractivity contribution in [2.45, 2.75) is 87.8 Å². The highest BCUT2D eigenvalue weighted by molar-refractivity contribution is 7.98. The maximum atomic E-state index is 15.1. The van der Waals surface area contributed by atoms with E-state index in [1.807, 2.05) is 66.9 Å². The van der Waals surface area contributed by atoms with Crippen molar-refractivity contribution in [2.24, 2.45) is 0 Å². The Morgan fingerprint density at radius 2 is 1.71 bits per heavy atom. The number of rotatable bonds is 12. The SMILES string of the molecule is CCCC[C@]1(CC)CN(c2ccccc2)c2cc(SC)c(OCC(=O)OC(C)(C)C)cc2S(=O)(=O)N1Cc1ccc(OC)cc1. The van der Waals surface area contributed by atoms with Gasteiger partial charge in [0.05, 0.1) is 23.2 Å².